The van der Waals surface area contributed by atoms with E-state index in [9.17, 15) is 4.79 Å². The number of aryl methyl sites for hydroxylation is 1. The summed E-state index contributed by atoms with van der Waals surface area (Å²) in [7, 11) is 1.50. The van der Waals surface area contributed by atoms with E-state index in [0.717, 1.165) is 29.9 Å². The Hall–Kier alpha value is -3.11. The van der Waals surface area contributed by atoms with Crippen molar-refractivity contribution in [3.63, 3.8) is 0 Å². The summed E-state index contributed by atoms with van der Waals surface area (Å²) >= 11 is 1.19. The van der Waals surface area contributed by atoms with Gasteiger partial charge in [-0.3, -0.25) is 10.1 Å². The van der Waals surface area contributed by atoms with Gasteiger partial charge in [0.2, 0.25) is 5.13 Å². The summed E-state index contributed by atoms with van der Waals surface area (Å²) in [5, 5.41) is 19.7. The van der Waals surface area contributed by atoms with E-state index in [1.54, 1.807) is 6.20 Å². The summed E-state index contributed by atoms with van der Waals surface area (Å²) in [6.45, 7) is 3.52. The molecule has 1 amide bonds. The molecule has 1 saturated heterocycles. The molecule has 2 aromatic heterocycles. The van der Waals surface area contributed by atoms with Crippen molar-refractivity contribution >= 4 is 28.2 Å². The van der Waals surface area contributed by atoms with Gasteiger partial charge in [-0.1, -0.05) is 34.9 Å². The number of nitrogens with zero attached hydrogens (tertiary/aromatic N) is 5. The SMILES string of the molecule is COC(C(=O)Nc1nnc(OC2CCN(c3cccnn3)C2)s1)c1ccc(C)cc1. The zero-order valence-corrected chi connectivity index (χ0v) is 17.5. The van der Waals surface area contributed by atoms with Crippen LogP contribution >= 0.6 is 11.3 Å². The van der Waals surface area contributed by atoms with Gasteiger partial charge < -0.3 is 14.4 Å². The molecule has 3 heterocycles. The average Bonchev–Trinajstić information content (AvgIpc) is 3.40. The highest BCUT2D eigenvalue weighted by Crippen LogP contribution is 2.28. The zero-order valence-electron chi connectivity index (χ0n) is 16.7. The predicted octanol–water partition coefficient (Wildman–Crippen LogP) is 2.62. The third-order valence-electron chi connectivity index (χ3n) is 4.79. The number of nitrogens with one attached hydrogen (secondary N) is 1. The molecular weight excluding hydrogens is 404 g/mol. The molecule has 156 valence electrons. The highest BCUT2D eigenvalue weighted by Gasteiger charge is 2.27. The van der Waals surface area contributed by atoms with Crippen LogP contribution in [-0.4, -0.2) is 52.6 Å². The third kappa shape index (κ3) is 4.71. The normalized spacial score (nSPS) is 17.0. The molecule has 1 N–H and O–H groups in total. The number of hydrogen-bond donors (Lipinski definition) is 1. The van der Waals surface area contributed by atoms with Crippen LogP contribution in [0.2, 0.25) is 0 Å². The van der Waals surface area contributed by atoms with Gasteiger partial charge in [0.05, 0.1) is 6.54 Å². The maximum absolute atomic E-state index is 12.6. The molecule has 0 aliphatic carbocycles. The fourth-order valence-corrected chi connectivity index (χ4v) is 3.92. The summed E-state index contributed by atoms with van der Waals surface area (Å²) in [5.41, 5.74) is 1.89. The summed E-state index contributed by atoms with van der Waals surface area (Å²) in [5.74, 6) is 0.522. The number of benzene rings is 1. The van der Waals surface area contributed by atoms with E-state index in [1.807, 2.05) is 43.3 Å². The zero-order chi connectivity index (χ0) is 20.9. The standard InChI is InChI=1S/C20H22N6O3S/c1-13-5-7-14(8-6-13)17(28-2)18(27)22-19-24-25-20(30-19)29-15-9-11-26(12-15)16-4-3-10-21-23-16/h3-8,10,15,17H,9,11-12H2,1-2H3,(H,22,24,27). The Kier molecular flexibility index (Phi) is 6.15. The minimum Gasteiger partial charge on any atom is -0.464 e. The van der Waals surface area contributed by atoms with Crippen molar-refractivity contribution < 1.29 is 14.3 Å². The first-order valence-corrected chi connectivity index (χ1v) is 10.4. The summed E-state index contributed by atoms with van der Waals surface area (Å²) in [4.78, 5) is 14.7. The molecule has 10 heteroatoms. The van der Waals surface area contributed by atoms with Crippen molar-refractivity contribution in [3.8, 4) is 5.19 Å². The van der Waals surface area contributed by atoms with Crippen LogP contribution in [0.1, 0.15) is 23.7 Å². The van der Waals surface area contributed by atoms with Crippen molar-refractivity contribution in [2.75, 3.05) is 30.4 Å². The first kappa shape index (κ1) is 20.2. The van der Waals surface area contributed by atoms with Gasteiger partial charge in [0.1, 0.15) is 6.10 Å². The van der Waals surface area contributed by atoms with Gasteiger partial charge in [0, 0.05) is 26.3 Å². The molecule has 3 aromatic rings. The van der Waals surface area contributed by atoms with Crippen LogP contribution in [0.5, 0.6) is 5.19 Å². The Morgan fingerprint density at radius 2 is 2.07 bits per heavy atom. The Morgan fingerprint density at radius 1 is 1.23 bits per heavy atom. The lowest BCUT2D eigenvalue weighted by Gasteiger charge is -2.16. The fraction of sp³-hybridized carbons (Fsp3) is 0.350. The summed E-state index contributed by atoms with van der Waals surface area (Å²) in [6, 6.07) is 11.4. The number of aromatic nitrogens is 4. The Balaban J connectivity index is 1.34. The van der Waals surface area contributed by atoms with Gasteiger partial charge in [0.25, 0.3) is 11.1 Å². The van der Waals surface area contributed by atoms with Crippen molar-refractivity contribution in [2.24, 2.45) is 0 Å². The lowest BCUT2D eigenvalue weighted by molar-refractivity contribution is -0.126. The predicted molar refractivity (Wildman–Crippen MR) is 113 cm³/mol. The summed E-state index contributed by atoms with van der Waals surface area (Å²) < 4.78 is 11.3. The quantitative estimate of drug-likeness (QED) is 0.615. The van der Waals surface area contributed by atoms with Crippen LogP contribution in [0.25, 0.3) is 0 Å². The second-order valence-electron chi connectivity index (χ2n) is 6.95. The number of carbonyl (C=O) groups is 1. The number of methoxy groups -OCH3 is 1. The van der Waals surface area contributed by atoms with Gasteiger partial charge >= 0.3 is 0 Å². The molecule has 2 atom stereocenters. The van der Waals surface area contributed by atoms with E-state index in [-0.39, 0.29) is 12.0 Å². The van der Waals surface area contributed by atoms with Crippen LogP contribution in [0.3, 0.4) is 0 Å². The molecule has 0 saturated carbocycles. The highest BCUT2D eigenvalue weighted by atomic mass is 32.1. The van der Waals surface area contributed by atoms with Gasteiger partial charge in [-0.25, -0.2) is 0 Å². The highest BCUT2D eigenvalue weighted by molar-refractivity contribution is 7.17. The largest absolute Gasteiger partial charge is 0.464 e. The Morgan fingerprint density at radius 3 is 2.80 bits per heavy atom. The molecule has 0 radical (unpaired) electrons. The van der Waals surface area contributed by atoms with Crippen LogP contribution in [0.4, 0.5) is 10.9 Å². The van der Waals surface area contributed by atoms with Crippen LogP contribution in [0, 0.1) is 6.92 Å². The van der Waals surface area contributed by atoms with Gasteiger partial charge in [-0.15, -0.1) is 10.2 Å². The number of anilines is 2. The molecule has 0 spiro atoms. The number of amides is 1. The molecule has 2 unspecified atom stereocenters. The summed E-state index contributed by atoms with van der Waals surface area (Å²) in [6.07, 6.45) is 1.74. The van der Waals surface area contributed by atoms with Gasteiger partial charge in [-0.05, 0) is 36.0 Å². The van der Waals surface area contributed by atoms with E-state index in [4.69, 9.17) is 9.47 Å². The monoisotopic (exact) mass is 426 g/mol. The van der Waals surface area contributed by atoms with Crippen molar-refractivity contribution in [2.45, 2.75) is 25.6 Å². The molecule has 1 fully saturated rings. The van der Waals surface area contributed by atoms with Gasteiger partial charge in [0.15, 0.2) is 11.9 Å². The second-order valence-corrected chi connectivity index (χ2v) is 7.89. The van der Waals surface area contributed by atoms with Crippen molar-refractivity contribution in [1.82, 2.24) is 20.4 Å². The second kappa shape index (κ2) is 9.14. The first-order valence-electron chi connectivity index (χ1n) is 9.55. The molecule has 30 heavy (non-hydrogen) atoms. The first-order chi connectivity index (χ1) is 14.6. The van der Waals surface area contributed by atoms with Crippen LogP contribution in [-0.2, 0) is 9.53 Å². The third-order valence-corrected chi connectivity index (χ3v) is 5.51. The number of ether oxygens (including phenoxy) is 2. The van der Waals surface area contributed by atoms with Crippen LogP contribution in [0.15, 0.2) is 42.6 Å². The number of rotatable bonds is 7. The minimum atomic E-state index is -0.728. The van der Waals surface area contributed by atoms with Gasteiger partial charge in [-0.2, -0.15) is 5.10 Å². The topological polar surface area (TPSA) is 102 Å². The molecular formula is C20H22N6O3S. The van der Waals surface area contributed by atoms with E-state index in [2.05, 4.69) is 30.6 Å². The van der Waals surface area contributed by atoms with Crippen molar-refractivity contribution in [3.05, 3.63) is 53.7 Å². The van der Waals surface area contributed by atoms with Crippen LogP contribution < -0.4 is 15.0 Å². The molecule has 1 aromatic carbocycles. The number of carbonyl (C=O) groups excluding carboxylic acids is 1. The average molecular weight is 427 g/mol. The molecule has 1 aliphatic heterocycles. The maximum atomic E-state index is 12.6. The lowest BCUT2D eigenvalue weighted by atomic mass is 10.1. The van der Waals surface area contributed by atoms with Crippen molar-refractivity contribution in [1.29, 1.82) is 0 Å². The fourth-order valence-electron chi connectivity index (χ4n) is 3.25. The number of hydrogen-bond acceptors (Lipinski definition) is 9. The van der Waals surface area contributed by atoms with E-state index in [0.29, 0.717) is 16.9 Å². The molecule has 9 nitrogen and oxygen atoms in total. The molecule has 0 bridgehead atoms. The molecule has 1 aliphatic rings. The van der Waals surface area contributed by atoms with E-state index < -0.39 is 6.10 Å². The minimum absolute atomic E-state index is 0.0252. The maximum Gasteiger partial charge on any atom is 0.296 e. The Labute approximate surface area is 178 Å². The Bertz CT molecular complexity index is 982. The van der Waals surface area contributed by atoms with E-state index >= 15 is 0 Å². The molecule has 4 rings (SSSR count). The lowest BCUT2D eigenvalue weighted by Crippen LogP contribution is -2.25. The smallest absolute Gasteiger partial charge is 0.296 e. The van der Waals surface area contributed by atoms with E-state index in [1.165, 1.54) is 18.4 Å².